The first-order valence-corrected chi connectivity index (χ1v) is 7.59. The number of nitrogens with one attached hydrogen (secondary N) is 1. The van der Waals surface area contributed by atoms with Gasteiger partial charge in [0.15, 0.2) is 16.6 Å². The fourth-order valence-electron chi connectivity index (χ4n) is 1.66. The van der Waals surface area contributed by atoms with Gasteiger partial charge in [-0.2, -0.15) is 4.57 Å². The van der Waals surface area contributed by atoms with Crippen molar-refractivity contribution in [1.29, 1.82) is 5.41 Å². The smallest absolute Gasteiger partial charge is 0.253 e. The molecule has 2 nitrogen and oxygen atoms in total. The average molecular weight is 299 g/mol. The van der Waals surface area contributed by atoms with Crippen molar-refractivity contribution in [3.05, 3.63) is 66.0 Å². The molecule has 4 heteroatoms. The monoisotopic (exact) mass is 299 g/mol. The van der Waals surface area contributed by atoms with Crippen molar-refractivity contribution >= 4 is 39.7 Å². The second kappa shape index (κ2) is 7.15. The van der Waals surface area contributed by atoms with E-state index in [1.165, 1.54) is 11.1 Å². The Hall–Kier alpha value is -1.74. The second-order valence-electron chi connectivity index (χ2n) is 4.32. The molecule has 100 valence electrons. The van der Waals surface area contributed by atoms with E-state index < -0.39 is 0 Å². The third-order valence-corrected chi connectivity index (χ3v) is 4.26. The molecule has 2 aromatic rings. The number of pyridine rings is 1. The number of thioether (sulfide) groups is 1. The van der Waals surface area contributed by atoms with Crippen LogP contribution in [0.2, 0.25) is 0 Å². The average Bonchev–Trinajstić information content (AvgIpc) is 2.49. The molecule has 20 heavy (non-hydrogen) atoms. The highest BCUT2D eigenvalue weighted by molar-refractivity contribution is 8.23. The zero-order valence-electron chi connectivity index (χ0n) is 11.2. The molecular weight excluding hydrogens is 284 g/mol. The topological polar surface area (TPSA) is 27.7 Å². The van der Waals surface area contributed by atoms with Crippen molar-refractivity contribution < 1.29 is 4.57 Å². The Morgan fingerprint density at radius 2 is 1.85 bits per heavy atom. The zero-order valence-corrected chi connectivity index (χ0v) is 12.8. The normalized spacial score (nSPS) is 9.85. The lowest BCUT2D eigenvalue weighted by Crippen LogP contribution is -2.34. The number of rotatable bonds is 4. The zero-order chi connectivity index (χ0) is 14.4. The van der Waals surface area contributed by atoms with Gasteiger partial charge in [0, 0.05) is 17.9 Å². The molecule has 1 heterocycles. The maximum Gasteiger partial charge on any atom is 0.297 e. The van der Waals surface area contributed by atoms with Gasteiger partial charge >= 0.3 is 0 Å². The summed E-state index contributed by atoms with van der Waals surface area (Å²) in [6.07, 6.45) is 3.81. The Bertz CT molecular complexity index is 642. The summed E-state index contributed by atoms with van der Waals surface area (Å²) < 4.78 is 2.51. The molecule has 0 aliphatic rings. The lowest BCUT2D eigenvalue weighted by molar-refractivity contribution is -0.574. The van der Waals surface area contributed by atoms with Crippen LogP contribution in [0.15, 0.2) is 54.9 Å². The molecule has 0 saturated heterocycles. The molecule has 0 unspecified atom stereocenters. The fourth-order valence-corrected chi connectivity index (χ4v) is 2.78. The van der Waals surface area contributed by atoms with E-state index in [0.29, 0.717) is 9.89 Å². The van der Waals surface area contributed by atoms with Crippen LogP contribution in [0.3, 0.4) is 0 Å². The summed E-state index contributed by atoms with van der Waals surface area (Å²) in [4.78, 5) is 0. The Labute approximate surface area is 128 Å². The number of hydrogen-bond acceptors (Lipinski definition) is 3. The summed E-state index contributed by atoms with van der Waals surface area (Å²) in [5, 5.41) is 7.46. The number of hydrogen-bond donors (Lipinski definition) is 1. The van der Waals surface area contributed by atoms with Crippen LogP contribution >= 0.6 is 24.0 Å². The third-order valence-electron chi connectivity index (χ3n) is 2.78. The number of nitrogens with zero attached hydrogens (tertiary/aromatic N) is 1. The maximum absolute atomic E-state index is 7.46. The van der Waals surface area contributed by atoms with Crippen molar-refractivity contribution in [2.75, 3.05) is 0 Å². The minimum atomic E-state index is 0.612. The predicted octanol–water partition coefficient (Wildman–Crippen LogP) is 3.63. The minimum absolute atomic E-state index is 0.612. The van der Waals surface area contributed by atoms with Crippen LogP contribution in [-0.4, -0.2) is 10.1 Å². The number of thiocarbonyl (C=S) groups is 1. The van der Waals surface area contributed by atoms with E-state index in [-0.39, 0.29) is 0 Å². The van der Waals surface area contributed by atoms with Gasteiger partial charge in [0.2, 0.25) is 0 Å². The third kappa shape index (κ3) is 3.87. The molecule has 0 spiro atoms. The van der Waals surface area contributed by atoms with Crippen molar-refractivity contribution in [1.82, 2.24) is 0 Å². The molecule has 0 aliphatic carbocycles. The van der Waals surface area contributed by atoms with Crippen LogP contribution < -0.4 is 4.57 Å². The van der Waals surface area contributed by atoms with Gasteiger partial charge in [0.1, 0.15) is 0 Å². The van der Waals surface area contributed by atoms with E-state index in [0.717, 1.165) is 5.75 Å². The van der Waals surface area contributed by atoms with Gasteiger partial charge in [-0.3, -0.25) is 5.41 Å². The molecule has 0 fully saturated rings. The van der Waals surface area contributed by atoms with Gasteiger partial charge in [-0.05, 0) is 18.1 Å². The number of benzene rings is 1. The molecule has 1 aromatic carbocycles. The van der Waals surface area contributed by atoms with E-state index >= 15 is 0 Å². The maximum atomic E-state index is 7.46. The largest absolute Gasteiger partial charge is 0.297 e. The first kappa shape index (κ1) is 14.7. The van der Waals surface area contributed by atoms with E-state index in [1.807, 2.05) is 54.2 Å². The van der Waals surface area contributed by atoms with Gasteiger partial charge in [-0.25, -0.2) is 0 Å². The number of aryl methyl sites for hydroxylation is 1. The Morgan fingerprint density at radius 1 is 1.20 bits per heavy atom. The van der Waals surface area contributed by atoms with Crippen molar-refractivity contribution in [3.8, 4) is 0 Å². The van der Waals surface area contributed by atoms with Crippen LogP contribution in [0, 0.1) is 12.3 Å². The van der Waals surface area contributed by atoms with E-state index in [2.05, 4.69) is 18.0 Å². The summed E-state index contributed by atoms with van der Waals surface area (Å²) in [6.45, 7) is 2.03. The SMILES string of the molecule is Cc1cc[n+](C(=C=N)C(=S)SCc2ccccc2)cc1. The van der Waals surface area contributed by atoms with Crippen molar-refractivity contribution in [3.63, 3.8) is 0 Å². The van der Waals surface area contributed by atoms with Crippen molar-refractivity contribution in [2.24, 2.45) is 0 Å². The Morgan fingerprint density at radius 3 is 2.45 bits per heavy atom. The quantitative estimate of drug-likeness (QED) is 0.404. The molecule has 1 N–H and O–H groups in total. The second-order valence-corrected chi connectivity index (χ2v) is 5.97. The van der Waals surface area contributed by atoms with Crippen LogP contribution in [0.4, 0.5) is 0 Å². The van der Waals surface area contributed by atoms with Crippen molar-refractivity contribution in [2.45, 2.75) is 12.7 Å². The summed E-state index contributed by atoms with van der Waals surface area (Å²) in [6, 6.07) is 14.1. The summed E-state index contributed by atoms with van der Waals surface area (Å²) in [7, 11) is 0. The lowest BCUT2D eigenvalue weighted by Gasteiger charge is -2.02. The number of aromatic nitrogens is 1. The molecule has 0 saturated carbocycles. The standard InChI is InChI=1S/C16H15N2S2/c1-13-7-9-18(10-8-13)15(11-17)16(19)20-12-14-5-3-2-4-6-14/h2-10,17H,12H2,1H3/q+1. The molecule has 0 amide bonds. The Balaban J connectivity index is 2.07. The van der Waals surface area contributed by atoms with Gasteiger partial charge in [-0.15, -0.1) is 11.8 Å². The molecule has 0 radical (unpaired) electrons. The highest BCUT2D eigenvalue weighted by Gasteiger charge is 2.16. The van der Waals surface area contributed by atoms with Crippen LogP contribution in [0.25, 0.3) is 5.70 Å². The first-order valence-electron chi connectivity index (χ1n) is 6.20. The minimum Gasteiger partial charge on any atom is -0.253 e. The first-order chi connectivity index (χ1) is 9.70. The molecular formula is C16H15N2S2+. The fraction of sp³-hybridized carbons (Fsp3) is 0.125. The molecule has 1 aromatic heterocycles. The van der Waals surface area contributed by atoms with Crippen LogP contribution in [-0.2, 0) is 5.75 Å². The van der Waals surface area contributed by atoms with Gasteiger partial charge in [0.05, 0.1) is 5.87 Å². The lowest BCUT2D eigenvalue weighted by atomic mass is 10.2. The molecule has 0 atom stereocenters. The summed E-state index contributed by atoms with van der Waals surface area (Å²) >= 11 is 6.96. The highest BCUT2D eigenvalue weighted by Crippen LogP contribution is 2.17. The van der Waals surface area contributed by atoms with E-state index in [4.69, 9.17) is 17.6 Å². The predicted molar refractivity (Wildman–Crippen MR) is 89.1 cm³/mol. The highest BCUT2D eigenvalue weighted by atomic mass is 32.2. The van der Waals surface area contributed by atoms with Gasteiger partial charge in [0.25, 0.3) is 5.70 Å². The Kier molecular flexibility index (Phi) is 5.24. The molecule has 0 aliphatic heterocycles. The van der Waals surface area contributed by atoms with Gasteiger partial charge in [-0.1, -0.05) is 42.5 Å². The van der Waals surface area contributed by atoms with Crippen LogP contribution in [0.1, 0.15) is 11.1 Å². The molecule has 2 rings (SSSR count). The van der Waals surface area contributed by atoms with E-state index in [9.17, 15) is 0 Å². The summed E-state index contributed by atoms with van der Waals surface area (Å²) in [5.41, 5.74) is 3.01. The van der Waals surface area contributed by atoms with Gasteiger partial charge < -0.3 is 0 Å². The van der Waals surface area contributed by atoms with Crippen LogP contribution in [0.5, 0.6) is 0 Å². The molecule has 0 bridgehead atoms. The van der Waals surface area contributed by atoms with E-state index in [1.54, 1.807) is 11.8 Å². The summed E-state index contributed by atoms with van der Waals surface area (Å²) in [5.74, 6) is 3.24.